The Morgan fingerprint density at radius 1 is 1.04 bits per heavy atom. The minimum Gasteiger partial charge on any atom is -0.496 e. The van der Waals surface area contributed by atoms with Gasteiger partial charge in [0.1, 0.15) is 23.1 Å². The van der Waals surface area contributed by atoms with E-state index in [2.05, 4.69) is 18.5 Å². The Morgan fingerprint density at radius 3 is 2.49 bits per heavy atom. The second kappa shape index (κ2) is 15.2. The Hall–Kier alpha value is -4.73. The van der Waals surface area contributed by atoms with Gasteiger partial charge in [-0.2, -0.15) is 0 Å². The summed E-state index contributed by atoms with van der Waals surface area (Å²) in [6.07, 6.45) is 6.74. The van der Waals surface area contributed by atoms with Gasteiger partial charge in [0.25, 0.3) is 0 Å². The van der Waals surface area contributed by atoms with Gasteiger partial charge in [0.2, 0.25) is 11.8 Å². The van der Waals surface area contributed by atoms with Gasteiger partial charge in [0.05, 0.1) is 42.5 Å². The zero-order valence-corrected chi connectivity index (χ0v) is 29.3. The van der Waals surface area contributed by atoms with Gasteiger partial charge >= 0.3 is 5.97 Å². The number of hydrogen-bond acceptors (Lipinski definition) is 8. The molecule has 2 aromatic heterocycles. The molecule has 5 atom stereocenters. The van der Waals surface area contributed by atoms with E-state index in [-0.39, 0.29) is 24.3 Å². The van der Waals surface area contributed by atoms with Crippen molar-refractivity contribution in [1.82, 2.24) is 20.2 Å². The minimum absolute atomic E-state index is 0.115. The lowest BCUT2D eigenvalue weighted by atomic mass is 9.93. The predicted octanol–water partition coefficient (Wildman–Crippen LogP) is 6.13. The largest absolute Gasteiger partial charge is 0.496 e. The minimum atomic E-state index is -1.16. The molecule has 0 bridgehead atoms. The number of fused-ring (bicyclic) bond motifs is 1. The third kappa shape index (κ3) is 7.48. The number of unbranched alkanes of at least 4 members (excludes halogenated alkanes) is 2. The summed E-state index contributed by atoms with van der Waals surface area (Å²) in [4.78, 5) is 52.5. The first-order valence-electron chi connectivity index (χ1n) is 17.1. The number of amides is 2. The van der Waals surface area contributed by atoms with Crippen molar-refractivity contribution >= 4 is 28.7 Å². The van der Waals surface area contributed by atoms with Crippen LogP contribution in [0.3, 0.4) is 0 Å². The molecule has 1 N–H and O–H groups in total. The number of hydrogen-bond donors (Lipinski definition) is 1. The van der Waals surface area contributed by atoms with Crippen LogP contribution < -0.4 is 14.8 Å². The summed E-state index contributed by atoms with van der Waals surface area (Å²) in [7, 11) is 3.40. The summed E-state index contributed by atoms with van der Waals surface area (Å²) in [5, 5.41) is 3.78. The Bertz CT molecular complexity index is 1740. The number of esters is 1. The molecule has 2 aliphatic rings. The third-order valence-corrected chi connectivity index (χ3v) is 9.80. The molecule has 10 nitrogen and oxygen atoms in total. The van der Waals surface area contributed by atoms with E-state index in [1.54, 1.807) is 32.1 Å². The van der Waals surface area contributed by atoms with Crippen LogP contribution in [0.5, 0.6) is 11.5 Å². The molecule has 0 unspecified atom stereocenters. The molecule has 2 saturated carbocycles. The molecule has 5 rings (SSSR count). The van der Waals surface area contributed by atoms with Crippen LogP contribution in [-0.4, -0.2) is 71.6 Å². The maximum absolute atomic E-state index is 14.1. The fraction of sp³-hybridized carbons (Fsp3) is 0.462. The highest BCUT2D eigenvalue weighted by atomic mass is 16.5. The SMILES string of the molecule is C=CCCCCN(C)C(=O)[C@@H]1C[C@H](Oc2cc(-c3cccc(C)n3)nc3c(C)c(OC)ccc23)C[C@H]1C(=O)N[C@]1(C(=O)OCC)C[C@H]1C=C. The number of aryl methyl sites for hydroxylation is 2. The van der Waals surface area contributed by atoms with Gasteiger partial charge in [0, 0.05) is 42.2 Å². The number of carbonyl (C=O) groups is 3. The molecule has 0 radical (unpaired) electrons. The van der Waals surface area contributed by atoms with Crippen molar-refractivity contribution in [3.05, 3.63) is 73.0 Å². The van der Waals surface area contributed by atoms with E-state index >= 15 is 0 Å². The summed E-state index contributed by atoms with van der Waals surface area (Å²) in [6, 6.07) is 11.5. The van der Waals surface area contributed by atoms with E-state index in [1.807, 2.05) is 56.3 Å². The first kappa shape index (κ1) is 35.6. The van der Waals surface area contributed by atoms with Crippen LogP contribution in [0, 0.1) is 31.6 Å². The average Bonchev–Trinajstić information content (AvgIpc) is 3.65. The van der Waals surface area contributed by atoms with E-state index in [0.717, 1.165) is 41.4 Å². The Balaban J connectivity index is 1.48. The normalized spacial score (nSPS) is 22.6. The number of nitrogens with one attached hydrogen (secondary N) is 1. The number of nitrogens with zero attached hydrogens (tertiary/aromatic N) is 3. The van der Waals surface area contributed by atoms with Gasteiger partial charge in [-0.15, -0.1) is 13.2 Å². The van der Waals surface area contributed by atoms with Crippen molar-refractivity contribution in [2.24, 2.45) is 17.8 Å². The zero-order valence-electron chi connectivity index (χ0n) is 29.3. The highest BCUT2D eigenvalue weighted by Crippen LogP contribution is 2.47. The molecule has 3 aromatic rings. The summed E-state index contributed by atoms with van der Waals surface area (Å²) in [5.41, 5.74) is 2.62. The van der Waals surface area contributed by atoms with Crippen molar-refractivity contribution in [3.63, 3.8) is 0 Å². The van der Waals surface area contributed by atoms with Gasteiger partial charge in [-0.3, -0.25) is 14.6 Å². The van der Waals surface area contributed by atoms with Gasteiger partial charge < -0.3 is 24.4 Å². The van der Waals surface area contributed by atoms with Crippen molar-refractivity contribution in [3.8, 4) is 22.9 Å². The lowest BCUT2D eigenvalue weighted by Crippen LogP contribution is -2.50. The Kier molecular flexibility index (Phi) is 11.1. The molecule has 2 heterocycles. The molecule has 49 heavy (non-hydrogen) atoms. The number of allylic oxidation sites excluding steroid dienone is 1. The quantitative estimate of drug-likeness (QED) is 0.117. The molecule has 2 fully saturated rings. The van der Waals surface area contributed by atoms with Gasteiger partial charge in [-0.25, -0.2) is 9.78 Å². The molecular formula is C39H48N4O6. The van der Waals surface area contributed by atoms with Crippen LogP contribution in [0.15, 0.2) is 61.7 Å². The van der Waals surface area contributed by atoms with Crippen molar-refractivity contribution in [2.45, 2.75) is 70.9 Å². The van der Waals surface area contributed by atoms with Gasteiger partial charge in [-0.1, -0.05) is 18.2 Å². The van der Waals surface area contributed by atoms with E-state index in [4.69, 9.17) is 24.2 Å². The fourth-order valence-electron chi connectivity index (χ4n) is 6.95. The van der Waals surface area contributed by atoms with Crippen molar-refractivity contribution in [1.29, 1.82) is 0 Å². The van der Waals surface area contributed by atoms with Crippen LogP contribution >= 0.6 is 0 Å². The number of benzene rings is 1. The molecule has 2 amide bonds. The number of aromatic nitrogens is 2. The number of methoxy groups -OCH3 is 1. The second-order valence-corrected chi connectivity index (χ2v) is 13.2. The number of rotatable bonds is 15. The lowest BCUT2D eigenvalue weighted by molar-refractivity contribution is -0.150. The first-order chi connectivity index (χ1) is 23.6. The molecule has 0 spiro atoms. The standard InChI is InChI=1S/C39H48N4O6/c1-8-11-12-13-19-43(6)37(45)30-21-27(20-29(30)36(44)42-39(23-26(39)9-2)38(46)48-10-3)49-34-22-32(31-16-14-15-24(4)40-31)41-35-25(5)33(47-7)18-17-28(34)35/h8-9,14-18,22,26-27,29-30H,1-2,10-13,19-21,23H2,3-7H3,(H,42,44)/t26-,27-,29-,30-,39-/m1/s1. The summed E-state index contributed by atoms with van der Waals surface area (Å²) < 4.78 is 17.7. The Labute approximate surface area is 288 Å². The predicted molar refractivity (Wildman–Crippen MR) is 189 cm³/mol. The van der Waals surface area contributed by atoms with Crippen LogP contribution in [-0.2, 0) is 19.1 Å². The molecular weight excluding hydrogens is 620 g/mol. The van der Waals surface area contributed by atoms with Crippen molar-refractivity contribution < 1.29 is 28.6 Å². The molecule has 1 aromatic carbocycles. The maximum Gasteiger partial charge on any atom is 0.332 e. The van der Waals surface area contributed by atoms with Crippen LogP contribution in [0.4, 0.5) is 0 Å². The van der Waals surface area contributed by atoms with Crippen molar-refractivity contribution in [2.75, 3.05) is 27.3 Å². The number of carbonyl (C=O) groups excluding carboxylic acids is 3. The van der Waals surface area contributed by atoms with Gasteiger partial charge in [0.15, 0.2) is 0 Å². The van der Waals surface area contributed by atoms with E-state index in [9.17, 15) is 14.4 Å². The van der Waals surface area contributed by atoms with Gasteiger partial charge in [-0.05, 0) is 83.6 Å². The summed E-state index contributed by atoms with van der Waals surface area (Å²) >= 11 is 0. The van der Waals surface area contributed by atoms with E-state index < -0.39 is 29.4 Å². The molecule has 260 valence electrons. The first-order valence-corrected chi connectivity index (χ1v) is 17.1. The molecule has 0 aliphatic heterocycles. The smallest absolute Gasteiger partial charge is 0.332 e. The van der Waals surface area contributed by atoms with Crippen LogP contribution in [0.1, 0.15) is 56.7 Å². The van der Waals surface area contributed by atoms with Crippen LogP contribution in [0.2, 0.25) is 0 Å². The monoisotopic (exact) mass is 668 g/mol. The summed E-state index contributed by atoms with van der Waals surface area (Å²) in [6.45, 7) is 14.0. The molecule has 0 saturated heterocycles. The number of pyridine rings is 2. The maximum atomic E-state index is 14.1. The lowest BCUT2D eigenvalue weighted by Gasteiger charge is -2.26. The highest BCUT2D eigenvalue weighted by Gasteiger charge is 2.62. The number of ether oxygens (including phenoxy) is 3. The second-order valence-electron chi connectivity index (χ2n) is 13.2. The highest BCUT2D eigenvalue weighted by molar-refractivity contribution is 5.95. The third-order valence-electron chi connectivity index (χ3n) is 9.80. The van der Waals surface area contributed by atoms with E-state index in [0.29, 0.717) is 48.7 Å². The molecule has 10 heteroatoms. The average molecular weight is 669 g/mol. The topological polar surface area (TPSA) is 120 Å². The van der Waals surface area contributed by atoms with Crippen LogP contribution in [0.25, 0.3) is 22.3 Å². The summed E-state index contributed by atoms with van der Waals surface area (Å²) in [5.74, 6) is -1.24. The zero-order chi connectivity index (χ0) is 35.3. The fourth-order valence-corrected chi connectivity index (χ4v) is 6.95. The molecule has 2 aliphatic carbocycles. The van der Waals surface area contributed by atoms with E-state index in [1.165, 1.54) is 0 Å². The Morgan fingerprint density at radius 2 is 1.82 bits per heavy atom.